The number of aromatic amines is 2. The van der Waals surface area contributed by atoms with E-state index in [1.807, 2.05) is 35.4 Å². The van der Waals surface area contributed by atoms with Crippen molar-refractivity contribution in [1.29, 1.82) is 0 Å². The molecule has 7 heteroatoms. The van der Waals surface area contributed by atoms with Crippen LogP contribution in [0.4, 0.5) is 0 Å². The van der Waals surface area contributed by atoms with Gasteiger partial charge in [0.05, 0.1) is 31.7 Å². The fraction of sp³-hybridized carbons (Fsp3) is 0.417. The molecule has 2 aromatic heterocycles. The second-order valence-electron chi connectivity index (χ2n) is 7.82. The van der Waals surface area contributed by atoms with E-state index in [1.165, 1.54) is 5.69 Å². The smallest absolute Gasteiger partial charge is 0.222 e. The molecule has 0 aromatic carbocycles. The van der Waals surface area contributed by atoms with Crippen LogP contribution in [-0.2, 0) is 20.7 Å². The highest BCUT2D eigenvalue weighted by Crippen LogP contribution is 2.24. The lowest BCUT2D eigenvalue weighted by atomic mass is 10.1. The van der Waals surface area contributed by atoms with Crippen molar-refractivity contribution in [3.05, 3.63) is 65.1 Å². The number of H-pyrrole nitrogens is 2. The fourth-order valence-electron chi connectivity index (χ4n) is 3.89. The van der Waals surface area contributed by atoms with E-state index >= 15 is 0 Å². The molecule has 4 rings (SSSR count). The van der Waals surface area contributed by atoms with E-state index in [2.05, 4.69) is 22.1 Å². The summed E-state index contributed by atoms with van der Waals surface area (Å²) in [4.78, 5) is 25.4. The molecule has 164 valence electrons. The number of hydrogen-bond donors (Lipinski definition) is 2. The predicted molar refractivity (Wildman–Crippen MR) is 121 cm³/mol. The van der Waals surface area contributed by atoms with Crippen molar-refractivity contribution in [1.82, 2.24) is 14.9 Å². The van der Waals surface area contributed by atoms with Gasteiger partial charge in [0, 0.05) is 43.2 Å². The van der Waals surface area contributed by atoms with Gasteiger partial charge in [0.25, 0.3) is 0 Å². The number of nitrogens with one attached hydrogen (secondary N) is 2. The quantitative estimate of drug-likeness (QED) is 0.605. The maximum atomic E-state index is 12.2. The molecule has 7 nitrogen and oxygen atoms in total. The largest absolute Gasteiger partial charge is 0.494 e. The maximum absolute atomic E-state index is 12.2. The second kappa shape index (κ2) is 10.3. The molecule has 0 bridgehead atoms. The summed E-state index contributed by atoms with van der Waals surface area (Å²) in [6, 6.07) is 8.13. The standard InChI is InChI=1S/C24H30N4O3/c1-30-23-17-21(20-7-5-11-25-20)27-22(23)16-19-10-9-18(26-19)6-3-2-4-8-24(29)28-12-14-31-15-13-28/h5,7,9-11,16-17,25-26H,2-4,6,8,12-15H2,1H3/b22-16-. The first-order valence-electron chi connectivity index (χ1n) is 11.0. The fourth-order valence-corrected chi connectivity index (χ4v) is 3.89. The number of aromatic nitrogens is 2. The van der Waals surface area contributed by atoms with Crippen molar-refractivity contribution >= 4 is 17.7 Å². The number of aliphatic imine (C=N–C) groups is 1. The van der Waals surface area contributed by atoms with Crippen molar-refractivity contribution in [3.63, 3.8) is 0 Å². The average Bonchev–Trinajstić information content (AvgIpc) is 3.55. The summed E-state index contributed by atoms with van der Waals surface area (Å²) in [5.41, 5.74) is 4.85. The Balaban J connectivity index is 1.25. The first-order valence-corrected chi connectivity index (χ1v) is 11.0. The Labute approximate surface area is 182 Å². The van der Waals surface area contributed by atoms with Gasteiger partial charge in [-0.3, -0.25) is 4.79 Å². The zero-order valence-electron chi connectivity index (χ0n) is 18.0. The van der Waals surface area contributed by atoms with E-state index < -0.39 is 0 Å². The molecule has 1 saturated heterocycles. The molecule has 2 aromatic rings. The predicted octanol–water partition coefficient (Wildman–Crippen LogP) is 3.68. The van der Waals surface area contributed by atoms with Crippen LogP contribution in [0.3, 0.4) is 0 Å². The highest BCUT2D eigenvalue weighted by molar-refractivity contribution is 6.11. The Bertz CT molecular complexity index is 963. The third kappa shape index (κ3) is 5.55. The Kier molecular flexibility index (Phi) is 7.04. The normalized spacial score (nSPS) is 17.7. The van der Waals surface area contributed by atoms with Crippen LogP contribution >= 0.6 is 0 Å². The highest BCUT2D eigenvalue weighted by Gasteiger charge is 2.17. The van der Waals surface area contributed by atoms with E-state index in [1.54, 1.807) is 7.11 Å². The minimum absolute atomic E-state index is 0.259. The summed E-state index contributed by atoms with van der Waals surface area (Å²) in [5, 5.41) is 0. The minimum Gasteiger partial charge on any atom is -0.494 e. The molecule has 31 heavy (non-hydrogen) atoms. The van der Waals surface area contributed by atoms with Gasteiger partial charge in [0.15, 0.2) is 0 Å². The van der Waals surface area contributed by atoms with Crippen molar-refractivity contribution < 1.29 is 14.3 Å². The SMILES string of the molecule is COC1=CC(c2ccc[nH]2)=N/C1=C\c1ccc(CCCCCC(=O)N2CCOCC2)[nH]1. The van der Waals surface area contributed by atoms with Crippen LogP contribution in [0.15, 0.2) is 53.0 Å². The number of ether oxygens (including phenoxy) is 2. The second-order valence-corrected chi connectivity index (χ2v) is 7.82. The number of carbonyl (C=O) groups is 1. The van der Waals surface area contributed by atoms with Gasteiger partial charge >= 0.3 is 0 Å². The van der Waals surface area contributed by atoms with Crippen molar-refractivity contribution in [3.8, 4) is 0 Å². The molecule has 2 aliphatic rings. The van der Waals surface area contributed by atoms with Gasteiger partial charge in [-0.2, -0.15) is 0 Å². The van der Waals surface area contributed by atoms with Crippen molar-refractivity contribution in [2.45, 2.75) is 32.1 Å². The molecule has 0 aliphatic carbocycles. The molecule has 2 N–H and O–H groups in total. The van der Waals surface area contributed by atoms with Crippen LogP contribution in [0.5, 0.6) is 0 Å². The molecule has 2 aliphatic heterocycles. The molecular weight excluding hydrogens is 392 g/mol. The lowest BCUT2D eigenvalue weighted by molar-refractivity contribution is -0.135. The third-order valence-electron chi connectivity index (χ3n) is 5.62. The highest BCUT2D eigenvalue weighted by atomic mass is 16.5. The summed E-state index contributed by atoms with van der Waals surface area (Å²) in [6.45, 7) is 2.79. The topological polar surface area (TPSA) is 82.7 Å². The lowest BCUT2D eigenvalue weighted by Crippen LogP contribution is -2.40. The molecule has 0 radical (unpaired) electrons. The monoisotopic (exact) mass is 422 g/mol. The molecule has 0 atom stereocenters. The van der Waals surface area contributed by atoms with Gasteiger partial charge in [-0.15, -0.1) is 0 Å². The molecule has 1 fully saturated rings. The minimum atomic E-state index is 0.259. The number of morpholine rings is 1. The number of unbranched alkanes of at least 4 members (excludes halogenated alkanes) is 2. The summed E-state index contributed by atoms with van der Waals surface area (Å²) >= 11 is 0. The Hall–Kier alpha value is -3.06. The number of nitrogens with zero attached hydrogens (tertiary/aromatic N) is 2. The summed E-state index contributed by atoms with van der Waals surface area (Å²) in [5.74, 6) is 1.01. The summed E-state index contributed by atoms with van der Waals surface area (Å²) in [6.07, 6.45) is 10.5. The van der Waals surface area contributed by atoms with Gasteiger partial charge in [-0.25, -0.2) is 4.99 Å². The Morgan fingerprint density at radius 3 is 2.87 bits per heavy atom. The van der Waals surface area contributed by atoms with E-state index in [4.69, 9.17) is 14.5 Å². The number of allylic oxidation sites excluding steroid dienone is 1. The van der Waals surface area contributed by atoms with E-state index in [9.17, 15) is 4.79 Å². The molecule has 4 heterocycles. The lowest BCUT2D eigenvalue weighted by Gasteiger charge is -2.26. The first kappa shape index (κ1) is 21.2. The van der Waals surface area contributed by atoms with Crippen LogP contribution in [0.1, 0.15) is 42.8 Å². The van der Waals surface area contributed by atoms with E-state index in [0.717, 1.165) is 67.3 Å². The summed E-state index contributed by atoms with van der Waals surface area (Å²) in [7, 11) is 1.66. The van der Waals surface area contributed by atoms with Crippen molar-refractivity contribution in [2.24, 2.45) is 4.99 Å². The molecule has 0 spiro atoms. The number of hydrogen-bond acceptors (Lipinski definition) is 4. The molecular formula is C24H30N4O3. The average molecular weight is 423 g/mol. The van der Waals surface area contributed by atoms with E-state index in [0.29, 0.717) is 19.6 Å². The van der Waals surface area contributed by atoms with Gasteiger partial charge in [-0.1, -0.05) is 6.42 Å². The number of rotatable bonds is 9. The zero-order valence-corrected chi connectivity index (χ0v) is 18.0. The number of carbonyl (C=O) groups excluding carboxylic acids is 1. The molecule has 0 saturated carbocycles. The Morgan fingerprint density at radius 1 is 1.23 bits per heavy atom. The Morgan fingerprint density at radius 2 is 2.10 bits per heavy atom. The first-order chi connectivity index (χ1) is 15.2. The van der Waals surface area contributed by atoms with Crippen LogP contribution in [0.2, 0.25) is 0 Å². The van der Waals surface area contributed by atoms with Gasteiger partial charge in [0.1, 0.15) is 11.5 Å². The number of aryl methyl sites for hydroxylation is 1. The third-order valence-corrected chi connectivity index (χ3v) is 5.62. The van der Waals surface area contributed by atoms with Crippen LogP contribution in [-0.4, -0.2) is 59.9 Å². The summed E-state index contributed by atoms with van der Waals surface area (Å²) < 4.78 is 10.8. The van der Waals surface area contributed by atoms with Gasteiger partial charge < -0.3 is 24.3 Å². The van der Waals surface area contributed by atoms with Crippen LogP contribution in [0, 0.1) is 0 Å². The zero-order chi connectivity index (χ0) is 21.5. The van der Waals surface area contributed by atoms with Gasteiger partial charge in [0.2, 0.25) is 5.91 Å². The van der Waals surface area contributed by atoms with Crippen LogP contribution < -0.4 is 0 Å². The number of amides is 1. The number of methoxy groups -OCH3 is 1. The molecule has 1 amide bonds. The van der Waals surface area contributed by atoms with E-state index in [-0.39, 0.29) is 5.91 Å². The maximum Gasteiger partial charge on any atom is 0.222 e. The molecule has 0 unspecified atom stereocenters. The van der Waals surface area contributed by atoms with Gasteiger partial charge in [-0.05, 0) is 49.6 Å². The van der Waals surface area contributed by atoms with Crippen LogP contribution in [0.25, 0.3) is 6.08 Å². The van der Waals surface area contributed by atoms with Crippen molar-refractivity contribution in [2.75, 3.05) is 33.4 Å².